The second kappa shape index (κ2) is 3.84. The summed E-state index contributed by atoms with van der Waals surface area (Å²) in [7, 11) is 3.12. The number of ether oxygens (including phenoxy) is 2. The number of ketones is 1. The summed E-state index contributed by atoms with van der Waals surface area (Å²) in [6.45, 7) is 0. The van der Waals surface area contributed by atoms with E-state index in [0.29, 0.717) is 28.3 Å². The van der Waals surface area contributed by atoms with Crippen LogP contribution in [0.2, 0.25) is 0 Å². The van der Waals surface area contributed by atoms with Crippen LogP contribution in [0.15, 0.2) is 30.5 Å². The first-order valence-electron chi connectivity index (χ1n) is 5.52. The van der Waals surface area contributed by atoms with Crippen LogP contribution in [0.3, 0.4) is 0 Å². The molecule has 3 rings (SSSR count). The van der Waals surface area contributed by atoms with E-state index in [-0.39, 0.29) is 5.78 Å². The average Bonchev–Trinajstić information content (AvgIpc) is 2.71. The van der Waals surface area contributed by atoms with Gasteiger partial charge in [0.1, 0.15) is 0 Å². The first-order valence-corrected chi connectivity index (χ1v) is 5.52. The van der Waals surface area contributed by atoms with Gasteiger partial charge in [-0.15, -0.1) is 0 Å². The number of hydrogen-bond acceptors (Lipinski definition) is 4. The normalized spacial score (nSPS) is 12.0. The van der Waals surface area contributed by atoms with E-state index < -0.39 is 0 Å². The van der Waals surface area contributed by atoms with E-state index in [1.165, 1.54) is 0 Å². The van der Waals surface area contributed by atoms with Crippen LogP contribution in [-0.2, 0) is 0 Å². The lowest BCUT2D eigenvalue weighted by Gasteiger charge is -2.09. The van der Waals surface area contributed by atoms with Gasteiger partial charge in [0.2, 0.25) is 0 Å². The standard InChI is InChI=1S/C14H11NO3/c1-17-11-6-9-10(7-12(11)18-2)14(16)8-4-3-5-15-13(8)9/h3-7H,1-2H3. The molecule has 0 amide bonds. The molecule has 1 aromatic carbocycles. The second-order valence-corrected chi connectivity index (χ2v) is 3.98. The van der Waals surface area contributed by atoms with Gasteiger partial charge >= 0.3 is 0 Å². The highest BCUT2D eigenvalue weighted by Gasteiger charge is 2.29. The van der Waals surface area contributed by atoms with E-state index >= 15 is 0 Å². The topological polar surface area (TPSA) is 48.4 Å². The Kier molecular flexibility index (Phi) is 2.30. The van der Waals surface area contributed by atoms with Gasteiger partial charge in [0.25, 0.3) is 0 Å². The Morgan fingerprint density at radius 2 is 1.67 bits per heavy atom. The van der Waals surface area contributed by atoms with Crippen molar-refractivity contribution in [2.75, 3.05) is 14.2 Å². The average molecular weight is 241 g/mol. The lowest BCUT2D eigenvalue weighted by Crippen LogP contribution is -1.97. The molecule has 4 nitrogen and oxygen atoms in total. The van der Waals surface area contributed by atoms with E-state index in [1.807, 2.05) is 0 Å². The highest BCUT2D eigenvalue weighted by molar-refractivity contribution is 6.21. The largest absolute Gasteiger partial charge is 0.493 e. The van der Waals surface area contributed by atoms with E-state index in [2.05, 4.69) is 4.98 Å². The van der Waals surface area contributed by atoms with Crippen molar-refractivity contribution in [2.24, 2.45) is 0 Å². The summed E-state index contributed by atoms with van der Waals surface area (Å²) < 4.78 is 10.5. The number of hydrogen-bond donors (Lipinski definition) is 0. The van der Waals surface area contributed by atoms with Gasteiger partial charge in [-0.25, -0.2) is 0 Å². The number of rotatable bonds is 2. The van der Waals surface area contributed by atoms with Crippen molar-refractivity contribution >= 4 is 5.78 Å². The molecule has 0 bridgehead atoms. The molecule has 0 unspecified atom stereocenters. The third kappa shape index (κ3) is 1.32. The Hall–Kier alpha value is -2.36. The minimum atomic E-state index is -0.0194. The van der Waals surface area contributed by atoms with E-state index in [1.54, 1.807) is 44.7 Å². The quantitative estimate of drug-likeness (QED) is 0.690. The lowest BCUT2D eigenvalue weighted by atomic mass is 10.1. The predicted octanol–water partition coefficient (Wildman–Crippen LogP) is 2.31. The lowest BCUT2D eigenvalue weighted by molar-refractivity contribution is 0.104. The van der Waals surface area contributed by atoms with Crippen LogP contribution in [0.4, 0.5) is 0 Å². The first kappa shape index (κ1) is 10.8. The first-order chi connectivity index (χ1) is 8.76. The molecule has 4 heteroatoms. The second-order valence-electron chi connectivity index (χ2n) is 3.98. The summed E-state index contributed by atoms with van der Waals surface area (Å²) >= 11 is 0. The molecule has 2 aromatic rings. The fraction of sp³-hybridized carbons (Fsp3) is 0.143. The van der Waals surface area contributed by atoms with Crippen molar-refractivity contribution < 1.29 is 14.3 Å². The Balaban J connectivity index is 2.29. The number of benzene rings is 1. The number of nitrogens with zero attached hydrogens (tertiary/aromatic N) is 1. The van der Waals surface area contributed by atoms with Gasteiger partial charge in [-0.2, -0.15) is 0 Å². The van der Waals surface area contributed by atoms with Crippen LogP contribution in [0.1, 0.15) is 15.9 Å². The van der Waals surface area contributed by atoms with Crippen molar-refractivity contribution in [1.82, 2.24) is 4.98 Å². The molecule has 1 heterocycles. The fourth-order valence-electron chi connectivity index (χ4n) is 2.21. The maximum Gasteiger partial charge on any atom is 0.196 e. The Bertz CT molecular complexity index is 649. The van der Waals surface area contributed by atoms with Crippen LogP contribution in [0, 0.1) is 0 Å². The van der Waals surface area contributed by atoms with E-state index in [0.717, 1.165) is 5.56 Å². The summed E-state index contributed by atoms with van der Waals surface area (Å²) in [5, 5.41) is 0. The Labute approximate surface area is 104 Å². The number of fused-ring (bicyclic) bond motifs is 3. The summed E-state index contributed by atoms with van der Waals surface area (Å²) in [6.07, 6.45) is 1.68. The summed E-state index contributed by atoms with van der Waals surface area (Å²) in [5.41, 5.74) is 2.75. The number of pyridine rings is 1. The SMILES string of the molecule is COc1cc2c(cc1OC)-c1ncccc1C2=O. The molecular weight excluding hydrogens is 230 g/mol. The minimum absolute atomic E-state index is 0.0194. The number of methoxy groups -OCH3 is 2. The third-order valence-corrected chi connectivity index (χ3v) is 3.08. The van der Waals surface area contributed by atoms with Crippen LogP contribution in [-0.4, -0.2) is 25.0 Å². The summed E-state index contributed by atoms with van der Waals surface area (Å²) in [5.74, 6) is 1.13. The Morgan fingerprint density at radius 1 is 1.00 bits per heavy atom. The highest BCUT2D eigenvalue weighted by Crippen LogP contribution is 2.41. The molecule has 0 spiro atoms. The molecule has 18 heavy (non-hydrogen) atoms. The highest BCUT2D eigenvalue weighted by atomic mass is 16.5. The monoisotopic (exact) mass is 241 g/mol. The van der Waals surface area contributed by atoms with Gasteiger partial charge < -0.3 is 9.47 Å². The maximum absolute atomic E-state index is 12.2. The minimum Gasteiger partial charge on any atom is -0.493 e. The van der Waals surface area contributed by atoms with Gasteiger partial charge in [-0.3, -0.25) is 9.78 Å². The molecule has 0 saturated carbocycles. The Morgan fingerprint density at radius 3 is 2.33 bits per heavy atom. The third-order valence-electron chi connectivity index (χ3n) is 3.08. The van der Waals surface area contributed by atoms with Crippen LogP contribution < -0.4 is 9.47 Å². The van der Waals surface area contributed by atoms with Gasteiger partial charge in [-0.05, 0) is 24.3 Å². The van der Waals surface area contributed by atoms with Crippen LogP contribution in [0.5, 0.6) is 11.5 Å². The molecule has 0 saturated heterocycles. The molecule has 1 aliphatic rings. The van der Waals surface area contributed by atoms with Crippen molar-refractivity contribution in [3.05, 3.63) is 41.6 Å². The summed E-state index contributed by atoms with van der Waals surface area (Å²) in [4.78, 5) is 16.5. The fourth-order valence-corrected chi connectivity index (χ4v) is 2.21. The van der Waals surface area contributed by atoms with Crippen LogP contribution >= 0.6 is 0 Å². The zero-order valence-corrected chi connectivity index (χ0v) is 10.1. The van der Waals surface area contributed by atoms with Gasteiger partial charge in [-0.1, -0.05) is 0 Å². The molecule has 1 aromatic heterocycles. The summed E-state index contributed by atoms with van der Waals surface area (Å²) in [6, 6.07) is 7.05. The van der Waals surface area contributed by atoms with Gasteiger partial charge in [0, 0.05) is 22.9 Å². The van der Waals surface area contributed by atoms with E-state index in [4.69, 9.17) is 9.47 Å². The van der Waals surface area contributed by atoms with Crippen molar-refractivity contribution in [3.63, 3.8) is 0 Å². The maximum atomic E-state index is 12.2. The van der Waals surface area contributed by atoms with Gasteiger partial charge in [0.15, 0.2) is 17.3 Å². The molecule has 1 aliphatic carbocycles. The smallest absolute Gasteiger partial charge is 0.196 e. The van der Waals surface area contributed by atoms with Crippen molar-refractivity contribution in [2.45, 2.75) is 0 Å². The van der Waals surface area contributed by atoms with E-state index in [9.17, 15) is 4.79 Å². The zero-order valence-electron chi connectivity index (χ0n) is 10.1. The number of carbonyl (C=O) groups excluding carboxylic acids is 1. The predicted molar refractivity (Wildman–Crippen MR) is 66.2 cm³/mol. The molecule has 90 valence electrons. The van der Waals surface area contributed by atoms with Crippen molar-refractivity contribution in [1.29, 1.82) is 0 Å². The number of carbonyl (C=O) groups is 1. The molecule has 0 N–H and O–H groups in total. The van der Waals surface area contributed by atoms with Crippen molar-refractivity contribution in [3.8, 4) is 22.8 Å². The zero-order chi connectivity index (χ0) is 12.7. The van der Waals surface area contributed by atoms with Gasteiger partial charge in [0.05, 0.1) is 19.9 Å². The molecular formula is C14H11NO3. The molecule has 0 atom stereocenters. The van der Waals surface area contributed by atoms with Crippen LogP contribution in [0.25, 0.3) is 11.3 Å². The molecule has 0 fully saturated rings. The molecule has 0 radical (unpaired) electrons. The molecule has 0 aliphatic heterocycles. The number of aromatic nitrogens is 1.